The molecule has 0 bridgehead atoms. The Kier molecular flexibility index (Phi) is 7.80. The maximum Gasteiger partial charge on any atom is 0.254 e. The normalized spacial score (nSPS) is 12.2. The van der Waals surface area contributed by atoms with Crippen molar-refractivity contribution >= 4 is 35.1 Å². The van der Waals surface area contributed by atoms with Gasteiger partial charge in [0.2, 0.25) is 0 Å². The molecule has 1 amide bonds. The van der Waals surface area contributed by atoms with Crippen molar-refractivity contribution in [3.05, 3.63) is 65.6 Å². The van der Waals surface area contributed by atoms with Gasteiger partial charge in [-0.15, -0.1) is 0 Å². The number of aldehydes is 1. The molecule has 0 saturated heterocycles. The summed E-state index contributed by atoms with van der Waals surface area (Å²) in [6.07, 6.45) is 3.01. The molecule has 0 aliphatic rings. The van der Waals surface area contributed by atoms with E-state index >= 15 is 0 Å². The molecule has 3 rings (SSSR count). The van der Waals surface area contributed by atoms with Crippen molar-refractivity contribution in [3.8, 4) is 5.75 Å². The number of anilines is 1. The van der Waals surface area contributed by atoms with Gasteiger partial charge in [-0.1, -0.05) is 30.3 Å². The van der Waals surface area contributed by atoms with Crippen LogP contribution in [0.25, 0.3) is 11.0 Å². The Hall–Kier alpha value is -4.14. The van der Waals surface area contributed by atoms with Gasteiger partial charge in [-0.2, -0.15) is 0 Å². The highest BCUT2D eigenvalue weighted by atomic mass is 16.5. The number of fused-ring (bicyclic) bond motifs is 1. The van der Waals surface area contributed by atoms with Crippen LogP contribution in [0.4, 0.5) is 5.69 Å². The van der Waals surface area contributed by atoms with E-state index in [4.69, 9.17) is 10.1 Å². The minimum absolute atomic E-state index is 0.0581. The zero-order valence-corrected chi connectivity index (χ0v) is 18.9. The number of nitrogens with one attached hydrogen (secondary N) is 4. The molecule has 1 atom stereocenters. The average molecular weight is 449 g/mol. The van der Waals surface area contributed by atoms with Crippen LogP contribution in [0.15, 0.2) is 54.2 Å². The largest absolute Gasteiger partial charge is 0.489 e. The third kappa shape index (κ3) is 6.19. The first-order valence-corrected chi connectivity index (χ1v) is 10.5. The number of H-pyrrole nitrogens is 1. The van der Waals surface area contributed by atoms with Gasteiger partial charge in [-0.25, -0.2) is 4.98 Å². The van der Waals surface area contributed by atoms with Crippen LogP contribution in [0.5, 0.6) is 5.75 Å². The second-order valence-corrected chi connectivity index (χ2v) is 7.69. The Balaban J connectivity index is 1.64. The number of rotatable bonds is 11. The van der Waals surface area contributed by atoms with E-state index in [0.29, 0.717) is 18.6 Å². The van der Waals surface area contributed by atoms with Crippen molar-refractivity contribution in [1.82, 2.24) is 20.6 Å². The molecule has 0 fully saturated rings. The van der Waals surface area contributed by atoms with Crippen LogP contribution in [-0.2, 0) is 16.1 Å². The summed E-state index contributed by atoms with van der Waals surface area (Å²) < 4.78 is 5.89. The zero-order chi connectivity index (χ0) is 23.8. The Morgan fingerprint density at radius 3 is 2.70 bits per heavy atom. The SMILES string of the molecule is Cc1nc2cc(N(C)C)c(OC[C@@H](C=O)NC(=O)/C(C=N)=C/NCc3ccccc3)cc2[nH]1. The summed E-state index contributed by atoms with van der Waals surface area (Å²) in [5.41, 5.74) is 3.57. The highest BCUT2D eigenvalue weighted by molar-refractivity contribution is 6.11. The highest BCUT2D eigenvalue weighted by Gasteiger charge is 2.17. The van der Waals surface area contributed by atoms with E-state index < -0.39 is 11.9 Å². The second-order valence-electron chi connectivity index (χ2n) is 7.69. The molecule has 0 spiro atoms. The molecule has 0 radical (unpaired) electrons. The summed E-state index contributed by atoms with van der Waals surface area (Å²) in [6, 6.07) is 12.5. The van der Waals surface area contributed by atoms with Crippen LogP contribution in [-0.4, -0.2) is 55.1 Å². The number of amides is 1. The van der Waals surface area contributed by atoms with Crippen LogP contribution >= 0.6 is 0 Å². The fraction of sp³-hybridized carbons (Fsp3) is 0.250. The number of hydrogen-bond donors (Lipinski definition) is 4. The lowest BCUT2D eigenvalue weighted by molar-refractivity contribution is -0.121. The molecule has 2 aromatic carbocycles. The summed E-state index contributed by atoms with van der Waals surface area (Å²) in [4.78, 5) is 33.6. The van der Waals surface area contributed by atoms with Crippen LogP contribution in [0.2, 0.25) is 0 Å². The minimum atomic E-state index is -0.885. The maximum absolute atomic E-state index is 12.5. The molecule has 9 heteroatoms. The van der Waals surface area contributed by atoms with Gasteiger partial charge in [-0.3, -0.25) is 4.79 Å². The fourth-order valence-corrected chi connectivity index (χ4v) is 3.21. The number of benzene rings is 2. The summed E-state index contributed by atoms with van der Waals surface area (Å²) >= 11 is 0. The van der Waals surface area contributed by atoms with Gasteiger partial charge < -0.3 is 35.5 Å². The number of ether oxygens (including phenoxy) is 1. The van der Waals surface area contributed by atoms with Crippen molar-refractivity contribution in [2.75, 3.05) is 25.6 Å². The molecule has 0 saturated carbocycles. The van der Waals surface area contributed by atoms with Crippen LogP contribution < -0.4 is 20.3 Å². The quantitative estimate of drug-likeness (QED) is 0.203. The number of aromatic nitrogens is 2. The molecule has 0 aliphatic heterocycles. The van der Waals surface area contributed by atoms with Crippen molar-refractivity contribution in [1.29, 1.82) is 5.41 Å². The molecule has 1 aromatic heterocycles. The van der Waals surface area contributed by atoms with Crippen molar-refractivity contribution in [2.24, 2.45) is 0 Å². The monoisotopic (exact) mass is 448 g/mol. The summed E-state index contributed by atoms with van der Waals surface area (Å²) in [7, 11) is 3.77. The van der Waals surface area contributed by atoms with Gasteiger partial charge in [0.1, 0.15) is 30.5 Å². The van der Waals surface area contributed by atoms with Gasteiger partial charge in [0, 0.05) is 39.1 Å². The zero-order valence-electron chi connectivity index (χ0n) is 18.9. The number of aryl methyl sites for hydroxylation is 1. The van der Waals surface area contributed by atoms with E-state index in [9.17, 15) is 9.59 Å². The summed E-state index contributed by atoms with van der Waals surface area (Å²) in [6.45, 7) is 2.32. The number of hydrogen-bond acceptors (Lipinski definition) is 7. The van der Waals surface area contributed by atoms with Gasteiger partial charge in [0.05, 0.1) is 22.3 Å². The number of imidazole rings is 1. The number of carbonyl (C=O) groups is 2. The lowest BCUT2D eigenvalue weighted by Crippen LogP contribution is -2.41. The topological polar surface area (TPSA) is 123 Å². The molecule has 3 aromatic rings. The average Bonchev–Trinajstić information content (AvgIpc) is 3.18. The predicted molar refractivity (Wildman–Crippen MR) is 129 cm³/mol. The Bertz CT molecular complexity index is 1150. The number of aromatic amines is 1. The Morgan fingerprint density at radius 2 is 2.03 bits per heavy atom. The second kappa shape index (κ2) is 10.9. The first kappa shape index (κ1) is 23.5. The Labute approximate surface area is 192 Å². The molecule has 9 nitrogen and oxygen atoms in total. The molecule has 0 unspecified atom stereocenters. The van der Waals surface area contributed by atoms with Gasteiger partial charge >= 0.3 is 0 Å². The highest BCUT2D eigenvalue weighted by Crippen LogP contribution is 2.31. The van der Waals surface area contributed by atoms with Gasteiger partial charge in [0.25, 0.3) is 5.91 Å². The standard InChI is InChI=1S/C24H28N6O3/c1-16-27-20-9-22(30(2)3)23(10-21(20)28-16)33-15-19(14-31)29-24(32)18(11-25)13-26-12-17-7-5-4-6-8-17/h4-11,13-14,19,25-26H,12,15H2,1-3H3,(H,27,28)(H,29,32)/b18-13+,25-11?/t19-/m1/s1. The van der Waals surface area contributed by atoms with E-state index in [1.54, 1.807) is 0 Å². The third-order valence-electron chi connectivity index (χ3n) is 4.89. The third-order valence-corrected chi connectivity index (χ3v) is 4.89. The molecule has 33 heavy (non-hydrogen) atoms. The Morgan fingerprint density at radius 1 is 1.27 bits per heavy atom. The predicted octanol–water partition coefficient (Wildman–Crippen LogP) is 2.32. The van der Waals surface area contributed by atoms with Gasteiger partial charge in [-0.05, 0) is 18.6 Å². The van der Waals surface area contributed by atoms with E-state index in [1.165, 1.54) is 6.20 Å². The lowest BCUT2D eigenvalue weighted by atomic mass is 10.2. The summed E-state index contributed by atoms with van der Waals surface area (Å²) in [5.74, 6) is 0.806. The summed E-state index contributed by atoms with van der Waals surface area (Å²) in [5, 5.41) is 13.2. The van der Waals surface area contributed by atoms with Crippen LogP contribution in [0, 0.1) is 12.3 Å². The molecule has 172 valence electrons. The van der Waals surface area contributed by atoms with E-state index in [0.717, 1.165) is 34.3 Å². The lowest BCUT2D eigenvalue weighted by Gasteiger charge is -2.20. The van der Waals surface area contributed by atoms with E-state index in [-0.39, 0.29) is 12.2 Å². The number of carbonyl (C=O) groups excluding carboxylic acids is 2. The van der Waals surface area contributed by atoms with Crippen molar-refractivity contribution < 1.29 is 14.3 Å². The molecule has 4 N–H and O–H groups in total. The minimum Gasteiger partial charge on any atom is -0.489 e. The first-order chi connectivity index (χ1) is 15.9. The van der Waals surface area contributed by atoms with E-state index in [1.807, 2.05) is 68.4 Å². The maximum atomic E-state index is 12.5. The molecule has 0 aliphatic carbocycles. The molecular weight excluding hydrogens is 420 g/mol. The van der Waals surface area contributed by atoms with Crippen LogP contribution in [0.1, 0.15) is 11.4 Å². The van der Waals surface area contributed by atoms with E-state index in [2.05, 4.69) is 20.6 Å². The smallest absolute Gasteiger partial charge is 0.254 e. The van der Waals surface area contributed by atoms with Crippen LogP contribution in [0.3, 0.4) is 0 Å². The molecular formula is C24H28N6O3. The van der Waals surface area contributed by atoms with Crippen molar-refractivity contribution in [3.63, 3.8) is 0 Å². The van der Waals surface area contributed by atoms with Gasteiger partial charge in [0.15, 0.2) is 0 Å². The fourth-order valence-electron chi connectivity index (χ4n) is 3.21. The molecule has 1 heterocycles. The van der Waals surface area contributed by atoms with Crippen molar-refractivity contribution in [2.45, 2.75) is 19.5 Å². The number of nitrogens with zero attached hydrogens (tertiary/aromatic N) is 2. The first-order valence-electron chi connectivity index (χ1n) is 10.5.